The third-order valence-electron chi connectivity index (χ3n) is 3.46. The number of aryl methyl sites for hydroxylation is 1. The van der Waals surface area contributed by atoms with Gasteiger partial charge in [-0.15, -0.1) is 0 Å². The number of benzene rings is 1. The summed E-state index contributed by atoms with van der Waals surface area (Å²) in [4.78, 5) is 11.6. The molecule has 4 heteroatoms. The second-order valence-corrected chi connectivity index (χ2v) is 4.68. The lowest BCUT2D eigenvalue weighted by atomic mass is 10.1. The van der Waals surface area contributed by atoms with E-state index in [-0.39, 0.29) is 11.9 Å². The second-order valence-electron chi connectivity index (χ2n) is 4.68. The third kappa shape index (κ3) is 2.72. The van der Waals surface area contributed by atoms with Crippen molar-refractivity contribution in [2.45, 2.75) is 13.3 Å². The number of anilines is 1. The number of aromatic nitrogens is 1. The van der Waals surface area contributed by atoms with Crippen LogP contribution in [0.4, 0.5) is 5.69 Å². The highest BCUT2D eigenvalue weighted by atomic mass is 16.5. The maximum atomic E-state index is 11.6. The molecule has 0 aliphatic carbocycles. The largest absolute Gasteiger partial charge is 0.469 e. The lowest BCUT2D eigenvalue weighted by Gasteiger charge is -2.13. The lowest BCUT2D eigenvalue weighted by molar-refractivity contribution is -0.145. The fraction of sp³-hybridized carbons (Fsp3) is 0.400. The Hall–Kier alpha value is -1.97. The molecule has 1 unspecified atom stereocenters. The van der Waals surface area contributed by atoms with Crippen LogP contribution < -0.4 is 5.32 Å². The molecule has 1 aromatic heterocycles. The Morgan fingerprint density at radius 1 is 1.42 bits per heavy atom. The quantitative estimate of drug-likeness (QED) is 0.841. The van der Waals surface area contributed by atoms with Crippen molar-refractivity contribution >= 4 is 22.6 Å². The first-order chi connectivity index (χ1) is 9.17. The van der Waals surface area contributed by atoms with Crippen LogP contribution in [-0.4, -0.2) is 24.2 Å². The van der Waals surface area contributed by atoms with Crippen molar-refractivity contribution < 1.29 is 9.53 Å². The molecular formula is C15H20N2O2. The van der Waals surface area contributed by atoms with E-state index in [0.717, 1.165) is 12.1 Å². The molecule has 0 saturated carbocycles. The number of methoxy groups -OCH3 is 1. The minimum Gasteiger partial charge on any atom is -0.469 e. The van der Waals surface area contributed by atoms with Crippen LogP contribution in [-0.2, 0) is 16.6 Å². The number of hydrogen-bond donors (Lipinski definition) is 1. The van der Waals surface area contributed by atoms with E-state index in [1.807, 2.05) is 26.1 Å². The van der Waals surface area contributed by atoms with E-state index >= 15 is 0 Å². The second kappa shape index (κ2) is 5.78. The minimum atomic E-state index is -0.157. The molecule has 0 aliphatic heterocycles. The van der Waals surface area contributed by atoms with Gasteiger partial charge in [-0.25, -0.2) is 0 Å². The standard InChI is InChI=1S/C15H20N2O2/c1-4-11(15(18)19-3)9-16-13-10-17(2)14-8-6-5-7-12(13)14/h5-8,10-11,16H,4,9H2,1-3H3. The maximum Gasteiger partial charge on any atom is 0.310 e. The molecule has 4 nitrogen and oxygen atoms in total. The van der Waals surface area contributed by atoms with E-state index < -0.39 is 0 Å². The van der Waals surface area contributed by atoms with Gasteiger partial charge in [0.2, 0.25) is 0 Å². The molecule has 0 radical (unpaired) electrons. The van der Waals surface area contributed by atoms with Crippen molar-refractivity contribution in [2.24, 2.45) is 13.0 Å². The monoisotopic (exact) mass is 260 g/mol. The van der Waals surface area contributed by atoms with Gasteiger partial charge in [0.25, 0.3) is 0 Å². The molecule has 102 valence electrons. The first-order valence-corrected chi connectivity index (χ1v) is 6.53. The van der Waals surface area contributed by atoms with Crippen molar-refractivity contribution in [2.75, 3.05) is 19.0 Å². The van der Waals surface area contributed by atoms with E-state index in [1.54, 1.807) is 0 Å². The summed E-state index contributed by atoms with van der Waals surface area (Å²) in [6, 6.07) is 8.20. The Balaban J connectivity index is 2.15. The number of nitrogens with one attached hydrogen (secondary N) is 1. The number of esters is 1. The zero-order valence-electron chi connectivity index (χ0n) is 11.6. The molecule has 2 rings (SSSR count). The van der Waals surface area contributed by atoms with Crippen molar-refractivity contribution in [3.05, 3.63) is 30.5 Å². The van der Waals surface area contributed by atoms with Crippen molar-refractivity contribution in [3.8, 4) is 0 Å². The van der Waals surface area contributed by atoms with Gasteiger partial charge in [-0.1, -0.05) is 25.1 Å². The third-order valence-corrected chi connectivity index (χ3v) is 3.46. The van der Waals surface area contributed by atoms with E-state index in [4.69, 9.17) is 4.74 Å². The fourth-order valence-corrected chi connectivity index (χ4v) is 2.28. The Kier molecular flexibility index (Phi) is 4.10. The summed E-state index contributed by atoms with van der Waals surface area (Å²) >= 11 is 0. The molecule has 0 amide bonds. The molecule has 19 heavy (non-hydrogen) atoms. The molecule has 2 aromatic rings. The highest BCUT2D eigenvalue weighted by Crippen LogP contribution is 2.25. The van der Waals surface area contributed by atoms with E-state index in [9.17, 15) is 4.79 Å². The first-order valence-electron chi connectivity index (χ1n) is 6.53. The van der Waals surface area contributed by atoms with E-state index in [0.29, 0.717) is 6.54 Å². The highest BCUT2D eigenvalue weighted by Gasteiger charge is 2.17. The number of carbonyl (C=O) groups is 1. The Morgan fingerprint density at radius 3 is 2.84 bits per heavy atom. The van der Waals surface area contributed by atoms with Crippen molar-refractivity contribution in [1.82, 2.24) is 4.57 Å². The van der Waals surface area contributed by atoms with Gasteiger partial charge in [0.15, 0.2) is 0 Å². The average Bonchev–Trinajstić information content (AvgIpc) is 2.76. The van der Waals surface area contributed by atoms with Crippen molar-refractivity contribution in [1.29, 1.82) is 0 Å². The molecular weight excluding hydrogens is 240 g/mol. The fourth-order valence-electron chi connectivity index (χ4n) is 2.28. The predicted octanol–water partition coefficient (Wildman–Crippen LogP) is 2.79. The molecule has 0 spiro atoms. The van der Waals surface area contributed by atoms with Crippen LogP contribution in [0.25, 0.3) is 10.9 Å². The molecule has 0 fully saturated rings. The van der Waals surface area contributed by atoms with Crippen LogP contribution in [0.15, 0.2) is 30.5 Å². The number of carbonyl (C=O) groups excluding carboxylic acids is 1. The van der Waals surface area contributed by atoms with Gasteiger partial charge >= 0.3 is 5.97 Å². The predicted molar refractivity (Wildman–Crippen MR) is 77.2 cm³/mol. The zero-order valence-corrected chi connectivity index (χ0v) is 11.6. The number of fused-ring (bicyclic) bond motifs is 1. The SMILES string of the molecule is CCC(CNc1cn(C)c2ccccc12)C(=O)OC. The first kappa shape index (κ1) is 13.5. The maximum absolute atomic E-state index is 11.6. The van der Waals surface area contributed by atoms with Gasteiger partial charge < -0.3 is 14.6 Å². The minimum absolute atomic E-state index is 0.107. The number of ether oxygens (including phenoxy) is 1. The van der Waals surface area contributed by atoms with Crippen LogP contribution in [0, 0.1) is 5.92 Å². The van der Waals surface area contributed by atoms with Crippen LogP contribution in [0.2, 0.25) is 0 Å². The summed E-state index contributed by atoms with van der Waals surface area (Å²) in [5.41, 5.74) is 2.23. The number of nitrogens with zero attached hydrogens (tertiary/aromatic N) is 1. The summed E-state index contributed by atoms with van der Waals surface area (Å²) in [5.74, 6) is -0.265. The van der Waals surface area contributed by atoms with Crippen LogP contribution >= 0.6 is 0 Å². The van der Waals surface area contributed by atoms with Gasteiger partial charge in [-0.05, 0) is 12.5 Å². The highest BCUT2D eigenvalue weighted by molar-refractivity contribution is 5.93. The smallest absolute Gasteiger partial charge is 0.310 e. The number of rotatable bonds is 5. The van der Waals surface area contributed by atoms with Gasteiger partial charge in [-0.3, -0.25) is 4.79 Å². The average molecular weight is 260 g/mol. The molecule has 1 atom stereocenters. The Bertz CT molecular complexity index is 575. The van der Waals surface area contributed by atoms with Crippen LogP contribution in [0.3, 0.4) is 0 Å². The summed E-state index contributed by atoms with van der Waals surface area (Å²) in [6.07, 6.45) is 2.82. The van der Waals surface area contributed by atoms with Gasteiger partial charge in [0.1, 0.15) is 0 Å². The van der Waals surface area contributed by atoms with Gasteiger partial charge in [0, 0.05) is 30.7 Å². The number of hydrogen-bond acceptors (Lipinski definition) is 3. The lowest BCUT2D eigenvalue weighted by Crippen LogP contribution is -2.23. The Labute approximate surface area is 113 Å². The molecule has 0 aliphatic rings. The van der Waals surface area contributed by atoms with Crippen LogP contribution in [0.1, 0.15) is 13.3 Å². The van der Waals surface area contributed by atoms with Crippen molar-refractivity contribution in [3.63, 3.8) is 0 Å². The normalized spacial score (nSPS) is 12.4. The summed E-state index contributed by atoms with van der Waals surface area (Å²) < 4.78 is 6.88. The van der Waals surface area contributed by atoms with Gasteiger partial charge in [-0.2, -0.15) is 0 Å². The summed E-state index contributed by atoms with van der Waals surface area (Å²) in [6.45, 7) is 2.59. The zero-order chi connectivity index (χ0) is 13.8. The van der Waals surface area contributed by atoms with Gasteiger partial charge in [0.05, 0.1) is 18.7 Å². The molecule has 1 aromatic carbocycles. The molecule has 1 N–H and O–H groups in total. The van der Waals surface area contributed by atoms with E-state index in [1.165, 1.54) is 18.0 Å². The molecule has 0 bridgehead atoms. The summed E-state index contributed by atoms with van der Waals surface area (Å²) in [5, 5.41) is 4.52. The summed E-state index contributed by atoms with van der Waals surface area (Å²) in [7, 11) is 3.45. The number of para-hydroxylation sites is 1. The Morgan fingerprint density at radius 2 is 2.16 bits per heavy atom. The molecule has 1 heterocycles. The molecule has 0 saturated heterocycles. The van der Waals surface area contributed by atoms with E-state index in [2.05, 4.69) is 28.2 Å². The van der Waals surface area contributed by atoms with Crippen LogP contribution in [0.5, 0.6) is 0 Å². The topological polar surface area (TPSA) is 43.3 Å².